The molecule has 0 aromatic heterocycles. The molecule has 0 aliphatic carbocycles. The molecule has 0 atom stereocenters. The van der Waals surface area contributed by atoms with E-state index in [1.54, 1.807) is 18.2 Å². The maximum absolute atomic E-state index is 10.4. The normalized spacial score (nSPS) is 8.12. The first-order valence-corrected chi connectivity index (χ1v) is 5.20. The number of hydrogen-bond donors (Lipinski definition) is 2. The summed E-state index contributed by atoms with van der Waals surface area (Å²) in [6.45, 7) is 3.31. The molecule has 0 bridgehead atoms. The molecule has 0 aliphatic heterocycles. The molecule has 1 aromatic rings. The van der Waals surface area contributed by atoms with Gasteiger partial charge >= 0.3 is 0 Å². The zero-order chi connectivity index (χ0) is 11.0. The van der Waals surface area contributed by atoms with Gasteiger partial charge in [0.05, 0.1) is 11.5 Å². The number of aliphatic hydroxyl groups is 1. The summed E-state index contributed by atoms with van der Waals surface area (Å²) >= 11 is 0. The second-order valence-corrected chi connectivity index (χ2v) is 3.68. The molecule has 17 heavy (non-hydrogen) atoms. The summed E-state index contributed by atoms with van der Waals surface area (Å²) in [4.78, 5) is -0.0741. The van der Waals surface area contributed by atoms with Crippen molar-refractivity contribution < 1.29 is 50.7 Å². The van der Waals surface area contributed by atoms with E-state index in [0.29, 0.717) is 0 Å². The Morgan fingerprint density at radius 1 is 1.18 bits per heavy atom. The predicted molar refractivity (Wildman–Crippen MR) is 60.8 cm³/mol. The van der Waals surface area contributed by atoms with Crippen LogP contribution in [0.25, 0.3) is 0 Å². The Morgan fingerprint density at radius 2 is 1.53 bits per heavy atom. The van der Waals surface area contributed by atoms with Crippen LogP contribution in [0.5, 0.6) is 0 Å². The van der Waals surface area contributed by atoms with Crippen molar-refractivity contribution in [1.82, 2.24) is 0 Å². The first-order chi connectivity index (χ1) is 6.52. The van der Waals surface area contributed by atoms with Crippen LogP contribution in [0.1, 0.15) is 0 Å². The molecule has 1 aromatic carbocycles. The second-order valence-electron chi connectivity index (χ2n) is 2.26. The van der Waals surface area contributed by atoms with Crippen molar-refractivity contribution in [3.05, 3.63) is 43.0 Å². The average molecular weight is 300 g/mol. The maximum atomic E-state index is 10.4. The van der Waals surface area contributed by atoms with E-state index in [1.165, 1.54) is 18.2 Å². The van der Waals surface area contributed by atoms with Crippen LogP contribution < -0.4 is 0 Å². The van der Waals surface area contributed by atoms with Crippen LogP contribution in [0.2, 0.25) is 0 Å². The van der Waals surface area contributed by atoms with Crippen molar-refractivity contribution in [2.45, 2.75) is 4.90 Å². The van der Waals surface area contributed by atoms with Crippen molar-refractivity contribution in [3.8, 4) is 0 Å². The van der Waals surface area contributed by atoms with Gasteiger partial charge in [-0.2, -0.15) is 8.42 Å². The molecule has 8 heteroatoms. The fourth-order valence-corrected chi connectivity index (χ4v) is 1.09. The Balaban J connectivity index is -0.000000108. The van der Waals surface area contributed by atoms with Crippen molar-refractivity contribution >= 4 is 10.1 Å². The zero-order valence-corrected chi connectivity index (χ0v) is 11.4. The Morgan fingerprint density at radius 3 is 1.71 bits per heavy atom. The van der Waals surface area contributed by atoms with Gasteiger partial charge in [-0.05, 0) is 12.1 Å². The number of aliphatic hydroxyl groups excluding tert-OH is 1. The molecular weight excluding hydrogens is 284 g/mol. The summed E-state index contributed by atoms with van der Waals surface area (Å²) in [5.41, 5.74) is 0. The SMILES string of the molecule is C=CCO.O.O.O=S(=O)(O)c1ccccc1.[Ti]. The van der Waals surface area contributed by atoms with Gasteiger partial charge in [-0.25, -0.2) is 0 Å². The van der Waals surface area contributed by atoms with Crippen molar-refractivity contribution in [2.75, 3.05) is 6.61 Å². The summed E-state index contributed by atoms with van der Waals surface area (Å²) in [6.07, 6.45) is 1.43. The predicted octanol–water partition coefficient (Wildman–Crippen LogP) is -0.554. The number of hydrogen-bond acceptors (Lipinski definition) is 3. The topological polar surface area (TPSA) is 138 Å². The van der Waals surface area contributed by atoms with Crippen molar-refractivity contribution in [2.24, 2.45) is 0 Å². The Labute approximate surface area is 115 Å². The van der Waals surface area contributed by atoms with E-state index in [4.69, 9.17) is 9.66 Å². The van der Waals surface area contributed by atoms with Crippen molar-refractivity contribution in [1.29, 1.82) is 0 Å². The average Bonchev–Trinajstić information content (AvgIpc) is 2.18. The van der Waals surface area contributed by atoms with Crippen LogP contribution in [-0.4, -0.2) is 35.6 Å². The van der Waals surface area contributed by atoms with Crippen LogP contribution in [0.3, 0.4) is 0 Å². The van der Waals surface area contributed by atoms with E-state index in [1.807, 2.05) is 0 Å². The largest absolute Gasteiger partial charge is 0.412 e. The van der Waals surface area contributed by atoms with E-state index < -0.39 is 10.1 Å². The fraction of sp³-hybridized carbons (Fsp3) is 0.111. The molecule has 6 nitrogen and oxygen atoms in total. The van der Waals surface area contributed by atoms with E-state index >= 15 is 0 Å². The van der Waals surface area contributed by atoms with Crippen LogP contribution >= 0.6 is 0 Å². The van der Waals surface area contributed by atoms with Gasteiger partial charge in [0, 0.05) is 21.7 Å². The van der Waals surface area contributed by atoms with E-state index in [2.05, 4.69) is 6.58 Å². The molecule has 0 spiro atoms. The van der Waals surface area contributed by atoms with Gasteiger partial charge in [0.25, 0.3) is 10.1 Å². The van der Waals surface area contributed by atoms with Crippen LogP contribution in [-0.2, 0) is 31.8 Å². The van der Waals surface area contributed by atoms with Crippen molar-refractivity contribution in [3.63, 3.8) is 0 Å². The van der Waals surface area contributed by atoms with Gasteiger partial charge in [-0.3, -0.25) is 4.55 Å². The molecule has 98 valence electrons. The first kappa shape index (κ1) is 25.3. The third-order valence-corrected chi connectivity index (χ3v) is 2.04. The van der Waals surface area contributed by atoms with Gasteiger partial charge < -0.3 is 16.1 Å². The summed E-state index contributed by atoms with van der Waals surface area (Å²) in [6, 6.07) is 7.42. The van der Waals surface area contributed by atoms with Crippen LogP contribution in [0.4, 0.5) is 0 Å². The Bertz CT molecular complexity index is 364. The van der Waals surface area contributed by atoms with Gasteiger partial charge in [0.15, 0.2) is 0 Å². The quantitative estimate of drug-likeness (QED) is 0.429. The fourth-order valence-electron chi connectivity index (χ4n) is 0.592. The molecular formula is C9H16O6STi. The van der Waals surface area contributed by atoms with Crippen LogP contribution in [0, 0.1) is 0 Å². The first-order valence-electron chi connectivity index (χ1n) is 3.76. The van der Waals surface area contributed by atoms with Gasteiger partial charge in [-0.15, -0.1) is 6.58 Å². The summed E-state index contributed by atoms with van der Waals surface area (Å²) < 4.78 is 29.2. The minimum Gasteiger partial charge on any atom is -0.412 e. The van der Waals surface area contributed by atoms with E-state index in [0.717, 1.165) is 0 Å². The molecule has 1 rings (SSSR count). The summed E-state index contributed by atoms with van der Waals surface area (Å²) in [5.74, 6) is 0. The smallest absolute Gasteiger partial charge is 0.294 e. The minimum atomic E-state index is -4.00. The molecule has 0 amide bonds. The molecule has 0 aliphatic rings. The maximum Gasteiger partial charge on any atom is 0.294 e. The molecule has 6 N–H and O–H groups in total. The number of rotatable bonds is 2. The van der Waals surface area contributed by atoms with E-state index in [9.17, 15) is 8.42 Å². The second kappa shape index (κ2) is 13.5. The monoisotopic (exact) mass is 300 g/mol. The molecule has 0 fully saturated rings. The zero-order valence-electron chi connectivity index (χ0n) is 9.00. The van der Waals surface area contributed by atoms with Gasteiger partial charge in [-0.1, -0.05) is 24.3 Å². The van der Waals surface area contributed by atoms with Gasteiger partial charge in [0.2, 0.25) is 0 Å². The van der Waals surface area contributed by atoms with Crippen LogP contribution in [0.15, 0.2) is 47.9 Å². The third kappa shape index (κ3) is 13.4. The molecule has 0 saturated carbocycles. The summed E-state index contributed by atoms with van der Waals surface area (Å²) in [7, 11) is -4.00. The molecule has 0 unspecified atom stereocenters. The minimum absolute atomic E-state index is 0. The third-order valence-electron chi connectivity index (χ3n) is 1.17. The molecule has 0 saturated heterocycles. The van der Waals surface area contributed by atoms with E-state index in [-0.39, 0.29) is 44.2 Å². The molecule has 0 heterocycles. The standard InChI is InChI=1S/C6H6O3S.C3H6O.2H2O.Ti/c7-10(8,9)6-4-2-1-3-5-6;1-2-3-4;;;/h1-5H,(H,7,8,9);2,4H,1,3H2;2*1H2;. The Hall–Kier alpha value is -0.536. The van der Waals surface area contributed by atoms with Gasteiger partial charge in [0.1, 0.15) is 0 Å². The molecule has 0 radical (unpaired) electrons. The summed E-state index contributed by atoms with van der Waals surface area (Å²) in [5, 5.41) is 7.76. The Kier molecular flexibility index (Phi) is 20.2. The number of benzene rings is 1.